The van der Waals surface area contributed by atoms with Crippen LogP contribution in [0, 0.1) is 0 Å². The summed E-state index contributed by atoms with van der Waals surface area (Å²) >= 11 is 0. The molecule has 0 bridgehead atoms. The molecule has 1 N–H and O–H groups in total. The molecular formula is C14H30O4. The van der Waals surface area contributed by atoms with Gasteiger partial charge in [0.05, 0.1) is 13.2 Å². The quantitative estimate of drug-likeness (QED) is 0.277. The lowest BCUT2D eigenvalue weighted by molar-refractivity contribution is -0.513. The average molecular weight is 262 g/mol. The molecule has 0 radical (unpaired) electrons. The lowest BCUT2D eigenvalue weighted by Crippen LogP contribution is -2.02. The normalized spacial score (nSPS) is 11.0. The summed E-state index contributed by atoms with van der Waals surface area (Å²) in [6.45, 7) is 2.90. The highest BCUT2D eigenvalue weighted by atomic mass is 17.5. The summed E-state index contributed by atoms with van der Waals surface area (Å²) in [5, 5.41) is 12.8. The summed E-state index contributed by atoms with van der Waals surface area (Å²) < 4.78 is 0. The van der Waals surface area contributed by atoms with Gasteiger partial charge in [0.2, 0.25) is 0 Å². The van der Waals surface area contributed by atoms with Crippen LogP contribution in [-0.4, -0.2) is 24.9 Å². The summed E-state index contributed by atoms with van der Waals surface area (Å²) in [6, 6.07) is 0. The van der Waals surface area contributed by atoms with Crippen molar-refractivity contribution >= 4 is 0 Å². The zero-order valence-electron chi connectivity index (χ0n) is 11.9. The van der Waals surface area contributed by atoms with Gasteiger partial charge in [-0.25, -0.2) is 9.78 Å². The molecule has 0 rings (SSSR count). The summed E-state index contributed by atoms with van der Waals surface area (Å²) in [5.41, 5.74) is 0. The molecule has 0 saturated heterocycles. The second-order valence-corrected chi connectivity index (χ2v) is 4.62. The van der Waals surface area contributed by atoms with E-state index < -0.39 is 0 Å². The topological polar surface area (TPSA) is 47.9 Å². The fourth-order valence-corrected chi connectivity index (χ4v) is 1.79. The number of aliphatic hydroxyl groups excluding tert-OH is 1. The minimum atomic E-state index is -0.0540. The monoisotopic (exact) mass is 262 g/mol. The Morgan fingerprint density at radius 3 is 1.72 bits per heavy atom. The lowest BCUT2D eigenvalue weighted by Gasteiger charge is -2.03. The molecule has 110 valence electrons. The van der Waals surface area contributed by atoms with Crippen molar-refractivity contribution in [2.45, 2.75) is 71.1 Å². The smallest absolute Gasteiger partial charge is 0.108 e. The zero-order chi connectivity index (χ0) is 13.3. The SMILES string of the molecule is CCCCCCCCCCCCOOOCCO. The van der Waals surface area contributed by atoms with Crippen molar-refractivity contribution in [3.8, 4) is 0 Å². The van der Waals surface area contributed by atoms with E-state index in [1.807, 2.05) is 0 Å². The van der Waals surface area contributed by atoms with Crippen LogP contribution in [0.2, 0.25) is 0 Å². The number of hydrogen-bond acceptors (Lipinski definition) is 4. The molecule has 0 atom stereocenters. The Bertz CT molecular complexity index is 126. The predicted molar refractivity (Wildman–Crippen MR) is 71.9 cm³/mol. The molecule has 0 aromatic rings. The highest BCUT2D eigenvalue weighted by molar-refractivity contribution is 4.46. The first-order chi connectivity index (χ1) is 8.91. The third kappa shape index (κ3) is 15.8. The van der Waals surface area contributed by atoms with Gasteiger partial charge in [-0.3, -0.25) is 0 Å². The number of hydrogen-bond donors (Lipinski definition) is 1. The summed E-state index contributed by atoms with van der Waals surface area (Å²) in [5.74, 6) is 0. The van der Waals surface area contributed by atoms with Crippen LogP contribution in [0.3, 0.4) is 0 Å². The van der Waals surface area contributed by atoms with Crippen LogP contribution >= 0.6 is 0 Å². The Kier molecular flexibility index (Phi) is 16.7. The molecule has 4 heteroatoms. The molecule has 4 nitrogen and oxygen atoms in total. The maximum absolute atomic E-state index is 8.40. The van der Waals surface area contributed by atoms with E-state index in [-0.39, 0.29) is 13.2 Å². The molecule has 0 aromatic carbocycles. The average Bonchev–Trinajstić information content (AvgIpc) is 2.39. The van der Waals surface area contributed by atoms with Gasteiger partial charge in [-0.2, -0.15) is 0 Å². The second-order valence-electron chi connectivity index (χ2n) is 4.62. The maximum Gasteiger partial charge on any atom is 0.108 e. The lowest BCUT2D eigenvalue weighted by atomic mass is 10.1. The van der Waals surface area contributed by atoms with Crippen LogP contribution in [0.25, 0.3) is 0 Å². The van der Waals surface area contributed by atoms with Crippen LogP contribution in [-0.2, 0) is 14.8 Å². The van der Waals surface area contributed by atoms with Gasteiger partial charge >= 0.3 is 0 Å². The van der Waals surface area contributed by atoms with E-state index in [0.29, 0.717) is 6.61 Å². The van der Waals surface area contributed by atoms with Gasteiger partial charge in [-0.1, -0.05) is 69.7 Å². The van der Waals surface area contributed by atoms with E-state index in [0.717, 1.165) is 6.42 Å². The standard InChI is InChI=1S/C14H30O4/c1-2-3-4-5-6-7-8-9-10-11-13-16-18-17-14-12-15/h15H,2-14H2,1H3. The third-order valence-electron chi connectivity index (χ3n) is 2.85. The van der Waals surface area contributed by atoms with E-state index in [1.54, 1.807) is 0 Å². The molecule has 0 aliphatic heterocycles. The van der Waals surface area contributed by atoms with Crippen LogP contribution in [0.15, 0.2) is 0 Å². The van der Waals surface area contributed by atoms with Gasteiger partial charge in [0.1, 0.15) is 6.61 Å². The van der Waals surface area contributed by atoms with E-state index in [1.165, 1.54) is 57.8 Å². The van der Waals surface area contributed by atoms with E-state index in [2.05, 4.69) is 16.8 Å². The van der Waals surface area contributed by atoms with Crippen molar-refractivity contribution in [3.63, 3.8) is 0 Å². The Hall–Kier alpha value is -0.160. The largest absolute Gasteiger partial charge is 0.394 e. The Labute approximate surface area is 111 Å². The van der Waals surface area contributed by atoms with Crippen LogP contribution < -0.4 is 0 Å². The molecular weight excluding hydrogens is 232 g/mol. The van der Waals surface area contributed by atoms with Crippen LogP contribution in [0.4, 0.5) is 0 Å². The fourth-order valence-electron chi connectivity index (χ4n) is 1.79. The Morgan fingerprint density at radius 2 is 1.17 bits per heavy atom. The number of unbranched alkanes of at least 4 members (excludes halogenated alkanes) is 9. The van der Waals surface area contributed by atoms with E-state index >= 15 is 0 Å². The van der Waals surface area contributed by atoms with Gasteiger partial charge in [0.25, 0.3) is 0 Å². The maximum atomic E-state index is 8.40. The van der Waals surface area contributed by atoms with Crippen molar-refractivity contribution in [1.29, 1.82) is 0 Å². The molecule has 0 aliphatic carbocycles. The number of aliphatic hydroxyl groups is 1. The van der Waals surface area contributed by atoms with Crippen molar-refractivity contribution in [1.82, 2.24) is 0 Å². The van der Waals surface area contributed by atoms with Gasteiger partial charge < -0.3 is 5.11 Å². The van der Waals surface area contributed by atoms with Crippen LogP contribution in [0.5, 0.6) is 0 Å². The highest BCUT2D eigenvalue weighted by Gasteiger charge is 1.94. The molecule has 0 fully saturated rings. The fraction of sp³-hybridized carbons (Fsp3) is 1.00. The summed E-state index contributed by atoms with van der Waals surface area (Å²) in [4.78, 5) is 9.28. The zero-order valence-corrected chi connectivity index (χ0v) is 11.9. The predicted octanol–water partition coefficient (Wildman–Crippen LogP) is 3.78. The van der Waals surface area contributed by atoms with Crippen molar-refractivity contribution < 1.29 is 19.9 Å². The first kappa shape index (κ1) is 17.8. The molecule has 0 aromatic heterocycles. The molecule has 0 aliphatic rings. The molecule has 0 amide bonds. The second kappa shape index (κ2) is 16.8. The van der Waals surface area contributed by atoms with Crippen molar-refractivity contribution in [3.05, 3.63) is 0 Å². The van der Waals surface area contributed by atoms with Gasteiger partial charge in [-0.15, -0.1) is 0 Å². The van der Waals surface area contributed by atoms with Gasteiger partial charge in [0.15, 0.2) is 0 Å². The summed E-state index contributed by atoms with van der Waals surface area (Å²) in [6.07, 6.45) is 13.0. The Morgan fingerprint density at radius 1 is 0.667 bits per heavy atom. The minimum Gasteiger partial charge on any atom is -0.394 e. The highest BCUT2D eigenvalue weighted by Crippen LogP contribution is 2.10. The molecule has 18 heavy (non-hydrogen) atoms. The van der Waals surface area contributed by atoms with E-state index in [9.17, 15) is 0 Å². The third-order valence-corrected chi connectivity index (χ3v) is 2.85. The molecule has 0 saturated carbocycles. The minimum absolute atomic E-state index is 0.0540. The van der Waals surface area contributed by atoms with Crippen LogP contribution in [0.1, 0.15) is 71.1 Å². The first-order valence-electron chi connectivity index (χ1n) is 7.43. The summed E-state index contributed by atoms with van der Waals surface area (Å²) in [7, 11) is 0. The van der Waals surface area contributed by atoms with Gasteiger partial charge in [-0.05, 0) is 6.42 Å². The molecule has 0 unspecified atom stereocenters. The molecule has 0 heterocycles. The van der Waals surface area contributed by atoms with Crippen molar-refractivity contribution in [2.24, 2.45) is 0 Å². The van der Waals surface area contributed by atoms with Gasteiger partial charge in [0, 0.05) is 0 Å². The Balaban J connectivity index is 2.86. The first-order valence-corrected chi connectivity index (χ1v) is 7.43. The van der Waals surface area contributed by atoms with E-state index in [4.69, 9.17) is 9.99 Å². The molecule has 0 spiro atoms. The van der Waals surface area contributed by atoms with Crippen molar-refractivity contribution in [2.75, 3.05) is 19.8 Å². The number of rotatable bonds is 15.